The average Bonchev–Trinajstić information content (AvgIpc) is 3.47. The van der Waals surface area contributed by atoms with E-state index in [1.165, 1.54) is 0 Å². The molecule has 2 aromatic heterocycles. The fraction of sp³-hybridized carbons (Fsp3) is 0.579. The number of hydrogen-bond donors (Lipinski definition) is 1. The highest BCUT2D eigenvalue weighted by molar-refractivity contribution is 5.77. The number of rotatable bonds is 5. The number of piperidine rings is 1. The lowest BCUT2D eigenvalue weighted by molar-refractivity contribution is -0.138. The molecule has 1 unspecified atom stereocenters. The predicted molar refractivity (Wildman–Crippen MR) is 99.8 cm³/mol. The minimum absolute atomic E-state index is 0.0597. The van der Waals surface area contributed by atoms with Gasteiger partial charge in [0.25, 0.3) is 0 Å². The van der Waals surface area contributed by atoms with Crippen molar-refractivity contribution in [3.63, 3.8) is 0 Å². The van der Waals surface area contributed by atoms with E-state index in [0.717, 1.165) is 11.9 Å². The first kappa shape index (κ1) is 19.7. The number of aromatic nitrogens is 4. The van der Waals surface area contributed by atoms with E-state index in [-0.39, 0.29) is 29.5 Å². The molecule has 29 heavy (non-hydrogen) atoms. The van der Waals surface area contributed by atoms with Gasteiger partial charge in [-0.3, -0.25) is 9.48 Å². The first-order valence-electron chi connectivity index (χ1n) is 9.81. The van der Waals surface area contributed by atoms with Crippen LogP contribution in [0.3, 0.4) is 0 Å². The number of hydrogen-bond acceptors (Lipinski definition) is 5. The number of likely N-dealkylation sites (tertiary alicyclic amines) is 1. The van der Waals surface area contributed by atoms with E-state index < -0.39 is 11.7 Å². The third-order valence-electron chi connectivity index (χ3n) is 5.58. The summed E-state index contributed by atoms with van der Waals surface area (Å²) in [4.78, 5) is 21.8. The molecule has 7 nitrogen and oxygen atoms in total. The third kappa shape index (κ3) is 3.92. The van der Waals surface area contributed by atoms with Crippen LogP contribution in [0.15, 0.2) is 12.4 Å². The van der Waals surface area contributed by atoms with Gasteiger partial charge in [0.15, 0.2) is 0 Å². The number of nitrogens with one attached hydrogen (secondary N) is 1. The second-order valence-corrected chi connectivity index (χ2v) is 7.60. The van der Waals surface area contributed by atoms with Crippen LogP contribution >= 0.6 is 0 Å². The molecule has 156 valence electrons. The summed E-state index contributed by atoms with van der Waals surface area (Å²) in [6.07, 6.45) is 0.637. The molecule has 1 saturated carbocycles. The average molecular weight is 408 g/mol. The number of amides is 1. The zero-order valence-electron chi connectivity index (χ0n) is 16.3. The SMILES string of the molecule is CCN1CC(n2ncc(Nc3ncc(C(F)(F)F)c(C4CC4)n3)c2C)CCC1=O. The van der Waals surface area contributed by atoms with Crippen LogP contribution < -0.4 is 5.32 Å². The Labute approximate surface area is 166 Å². The minimum atomic E-state index is -4.46. The first-order valence-corrected chi connectivity index (χ1v) is 9.81. The normalized spacial score (nSPS) is 20.2. The van der Waals surface area contributed by atoms with E-state index in [1.54, 1.807) is 6.20 Å². The Bertz CT molecular complexity index is 921. The van der Waals surface area contributed by atoms with E-state index in [1.807, 2.05) is 23.4 Å². The molecule has 1 amide bonds. The molecule has 2 aromatic rings. The number of nitrogens with zero attached hydrogens (tertiary/aromatic N) is 5. The lowest BCUT2D eigenvalue weighted by Gasteiger charge is -2.32. The van der Waals surface area contributed by atoms with Crippen molar-refractivity contribution in [3.8, 4) is 0 Å². The molecular weight excluding hydrogens is 385 g/mol. The van der Waals surface area contributed by atoms with E-state index in [2.05, 4.69) is 20.4 Å². The van der Waals surface area contributed by atoms with Crippen LogP contribution in [-0.2, 0) is 11.0 Å². The van der Waals surface area contributed by atoms with Gasteiger partial charge in [0, 0.05) is 31.6 Å². The van der Waals surface area contributed by atoms with Crippen molar-refractivity contribution in [3.05, 3.63) is 29.3 Å². The van der Waals surface area contributed by atoms with Crippen molar-refractivity contribution in [1.82, 2.24) is 24.6 Å². The third-order valence-corrected chi connectivity index (χ3v) is 5.58. The molecule has 10 heteroatoms. The molecule has 0 radical (unpaired) electrons. The summed E-state index contributed by atoms with van der Waals surface area (Å²) in [6, 6.07) is 0.0683. The second kappa shape index (κ2) is 7.31. The van der Waals surface area contributed by atoms with Gasteiger partial charge in [0.2, 0.25) is 11.9 Å². The lowest BCUT2D eigenvalue weighted by Crippen LogP contribution is -2.41. The van der Waals surface area contributed by atoms with E-state index in [9.17, 15) is 18.0 Å². The highest BCUT2D eigenvalue weighted by atomic mass is 19.4. The van der Waals surface area contributed by atoms with Crippen LogP contribution in [0.25, 0.3) is 0 Å². The Morgan fingerprint density at radius 3 is 2.66 bits per heavy atom. The highest BCUT2D eigenvalue weighted by Crippen LogP contribution is 2.45. The topological polar surface area (TPSA) is 75.9 Å². The quantitative estimate of drug-likeness (QED) is 0.814. The summed E-state index contributed by atoms with van der Waals surface area (Å²) < 4.78 is 41.5. The molecule has 0 spiro atoms. The van der Waals surface area contributed by atoms with Crippen LogP contribution in [0.2, 0.25) is 0 Å². The summed E-state index contributed by atoms with van der Waals surface area (Å²) in [5.41, 5.74) is 0.775. The largest absolute Gasteiger partial charge is 0.419 e. The molecule has 1 atom stereocenters. The number of anilines is 2. The van der Waals surface area contributed by atoms with Gasteiger partial charge in [-0.1, -0.05) is 0 Å². The molecule has 0 bridgehead atoms. The number of carbonyl (C=O) groups is 1. The van der Waals surface area contributed by atoms with Gasteiger partial charge in [-0.15, -0.1) is 0 Å². The van der Waals surface area contributed by atoms with Crippen molar-refractivity contribution in [2.24, 2.45) is 0 Å². The number of alkyl halides is 3. The molecule has 1 saturated heterocycles. The van der Waals surface area contributed by atoms with Crippen molar-refractivity contribution in [2.45, 2.75) is 57.7 Å². The molecule has 1 N–H and O–H groups in total. The van der Waals surface area contributed by atoms with Gasteiger partial charge in [-0.25, -0.2) is 9.97 Å². The molecule has 2 fully saturated rings. The van der Waals surface area contributed by atoms with Crippen molar-refractivity contribution in [1.29, 1.82) is 0 Å². The molecule has 3 heterocycles. The Kier molecular flexibility index (Phi) is 4.95. The van der Waals surface area contributed by atoms with E-state index >= 15 is 0 Å². The summed E-state index contributed by atoms with van der Waals surface area (Å²) in [5, 5.41) is 7.45. The molecular formula is C19H23F3N6O. The van der Waals surface area contributed by atoms with Crippen LogP contribution in [-0.4, -0.2) is 43.6 Å². The number of likely N-dealkylation sites (N-methyl/N-ethyl adjacent to an activating group) is 1. The fourth-order valence-corrected chi connectivity index (χ4v) is 3.78. The Morgan fingerprint density at radius 1 is 1.24 bits per heavy atom. The maximum atomic E-state index is 13.2. The maximum absolute atomic E-state index is 13.2. The molecule has 4 rings (SSSR count). The van der Waals surface area contributed by atoms with Gasteiger partial charge in [0.05, 0.1) is 34.9 Å². The van der Waals surface area contributed by atoms with Crippen molar-refractivity contribution >= 4 is 17.5 Å². The molecule has 0 aromatic carbocycles. The zero-order chi connectivity index (χ0) is 20.8. The van der Waals surface area contributed by atoms with Gasteiger partial charge >= 0.3 is 6.18 Å². The van der Waals surface area contributed by atoms with Gasteiger partial charge in [-0.05, 0) is 33.1 Å². The molecule has 1 aliphatic carbocycles. The maximum Gasteiger partial charge on any atom is 0.419 e. The van der Waals surface area contributed by atoms with Crippen molar-refractivity contribution in [2.75, 3.05) is 18.4 Å². The molecule has 1 aliphatic heterocycles. The summed E-state index contributed by atoms with van der Waals surface area (Å²) in [6.45, 7) is 5.08. The van der Waals surface area contributed by atoms with Crippen LogP contribution in [0.5, 0.6) is 0 Å². The lowest BCUT2D eigenvalue weighted by atomic mass is 10.1. The summed E-state index contributed by atoms with van der Waals surface area (Å²) in [5.74, 6) is 0.132. The van der Waals surface area contributed by atoms with E-state index in [0.29, 0.717) is 44.5 Å². The smallest absolute Gasteiger partial charge is 0.341 e. The van der Waals surface area contributed by atoms with Crippen LogP contribution in [0.4, 0.5) is 24.8 Å². The van der Waals surface area contributed by atoms with Crippen molar-refractivity contribution < 1.29 is 18.0 Å². The zero-order valence-corrected chi connectivity index (χ0v) is 16.3. The Balaban J connectivity index is 1.55. The summed E-state index contributed by atoms with van der Waals surface area (Å²) >= 11 is 0. The fourth-order valence-electron chi connectivity index (χ4n) is 3.78. The number of halogens is 3. The van der Waals surface area contributed by atoms with Gasteiger partial charge in [0.1, 0.15) is 0 Å². The van der Waals surface area contributed by atoms with E-state index in [4.69, 9.17) is 0 Å². The summed E-state index contributed by atoms with van der Waals surface area (Å²) in [7, 11) is 0. The van der Waals surface area contributed by atoms with Gasteiger partial charge in [-0.2, -0.15) is 18.3 Å². The second-order valence-electron chi connectivity index (χ2n) is 7.60. The molecule has 2 aliphatic rings. The minimum Gasteiger partial charge on any atom is -0.341 e. The Hall–Kier alpha value is -2.65. The van der Waals surface area contributed by atoms with Crippen LogP contribution in [0, 0.1) is 6.92 Å². The highest BCUT2D eigenvalue weighted by Gasteiger charge is 2.40. The van der Waals surface area contributed by atoms with Gasteiger partial charge < -0.3 is 10.2 Å². The standard InChI is InChI=1S/C19H23F3N6O/c1-3-27-10-13(6-7-16(27)29)28-11(2)15(9-24-28)25-18-23-8-14(19(20,21)22)17(26-18)12-4-5-12/h8-9,12-13H,3-7,10H2,1-2H3,(H,23,25,26). The first-order chi connectivity index (χ1) is 13.8. The Morgan fingerprint density at radius 2 is 2.00 bits per heavy atom. The monoisotopic (exact) mass is 408 g/mol. The number of carbonyl (C=O) groups excluding carboxylic acids is 1. The van der Waals surface area contributed by atoms with Crippen LogP contribution in [0.1, 0.15) is 61.5 Å². The predicted octanol–water partition coefficient (Wildman–Crippen LogP) is 3.80.